The van der Waals surface area contributed by atoms with Crippen LogP contribution in [0.4, 0.5) is 5.69 Å². The zero-order chi connectivity index (χ0) is 15.0. The van der Waals surface area contributed by atoms with E-state index in [1.807, 2.05) is 18.5 Å². The first-order chi connectivity index (χ1) is 10.0. The van der Waals surface area contributed by atoms with Gasteiger partial charge in [-0.1, -0.05) is 29.8 Å². The van der Waals surface area contributed by atoms with E-state index < -0.39 is 0 Å². The van der Waals surface area contributed by atoms with Gasteiger partial charge in [-0.15, -0.1) is 0 Å². The van der Waals surface area contributed by atoms with Crippen molar-refractivity contribution in [2.24, 2.45) is 5.92 Å². The molecule has 4 nitrogen and oxygen atoms in total. The van der Waals surface area contributed by atoms with Crippen LogP contribution in [0.25, 0.3) is 0 Å². The molecule has 4 heteroatoms. The molecule has 1 aromatic heterocycles. The number of carbonyl (C=O) groups is 1. The highest BCUT2D eigenvalue weighted by Crippen LogP contribution is 2.31. The van der Waals surface area contributed by atoms with E-state index in [1.165, 1.54) is 11.1 Å². The minimum Gasteiger partial charge on any atom is -0.323 e. The summed E-state index contributed by atoms with van der Waals surface area (Å²) < 4.78 is 1.96. The van der Waals surface area contributed by atoms with E-state index in [0.29, 0.717) is 0 Å². The number of nitrogens with one attached hydrogen (secondary N) is 1. The first kappa shape index (κ1) is 13.9. The Morgan fingerprint density at radius 3 is 2.76 bits per heavy atom. The standard InChI is InChI=1S/C17H21N3O/c1-11-5-4-6-14(9-11)10-20-13(3)16(12(2)19-20)18-17(21)15-7-8-15/h4-6,9,15H,7-8,10H2,1-3H3,(H,18,21). The van der Waals surface area contributed by atoms with Crippen molar-refractivity contribution in [3.63, 3.8) is 0 Å². The summed E-state index contributed by atoms with van der Waals surface area (Å²) in [4.78, 5) is 11.9. The summed E-state index contributed by atoms with van der Waals surface area (Å²) in [6, 6.07) is 8.42. The van der Waals surface area contributed by atoms with Gasteiger partial charge in [-0.25, -0.2) is 0 Å². The zero-order valence-corrected chi connectivity index (χ0v) is 12.8. The lowest BCUT2D eigenvalue weighted by molar-refractivity contribution is -0.117. The van der Waals surface area contributed by atoms with Crippen LogP contribution in [0.15, 0.2) is 24.3 Å². The quantitative estimate of drug-likeness (QED) is 0.936. The number of amides is 1. The van der Waals surface area contributed by atoms with Crippen LogP contribution in [0, 0.1) is 26.7 Å². The van der Waals surface area contributed by atoms with Crippen LogP contribution in [-0.4, -0.2) is 15.7 Å². The predicted octanol–water partition coefficient (Wildman–Crippen LogP) is 3.21. The van der Waals surface area contributed by atoms with Gasteiger partial charge >= 0.3 is 0 Å². The number of rotatable bonds is 4. The molecule has 1 heterocycles. The maximum absolute atomic E-state index is 11.9. The molecule has 1 saturated carbocycles. The van der Waals surface area contributed by atoms with Crippen molar-refractivity contribution in [1.29, 1.82) is 0 Å². The lowest BCUT2D eigenvalue weighted by Gasteiger charge is -2.07. The molecule has 0 atom stereocenters. The minimum atomic E-state index is 0.135. The first-order valence-electron chi connectivity index (χ1n) is 7.45. The monoisotopic (exact) mass is 283 g/mol. The van der Waals surface area contributed by atoms with Crippen molar-refractivity contribution in [1.82, 2.24) is 9.78 Å². The molecule has 21 heavy (non-hydrogen) atoms. The molecule has 0 aliphatic heterocycles. The molecule has 3 rings (SSSR count). The maximum Gasteiger partial charge on any atom is 0.227 e. The molecule has 1 aliphatic rings. The number of hydrogen-bond acceptors (Lipinski definition) is 2. The van der Waals surface area contributed by atoms with Gasteiger partial charge in [0.1, 0.15) is 0 Å². The fourth-order valence-corrected chi connectivity index (χ4v) is 2.59. The van der Waals surface area contributed by atoms with E-state index >= 15 is 0 Å². The topological polar surface area (TPSA) is 46.9 Å². The summed E-state index contributed by atoms with van der Waals surface area (Å²) in [6.07, 6.45) is 2.03. The van der Waals surface area contributed by atoms with Gasteiger partial charge in [-0.3, -0.25) is 9.48 Å². The normalized spacial score (nSPS) is 14.2. The lowest BCUT2D eigenvalue weighted by atomic mass is 10.1. The largest absolute Gasteiger partial charge is 0.323 e. The van der Waals surface area contributed by atoms with Gasteiger partial charge in [0.05, 0.1) is 23.6 Å². The van der Waals surface area contributed by atoms with Gasteiger partial charge in [0.15, 0.2) is 0 Å². The Labute approximate surface area is 125 Å². The van der Waals surface area contributed by atoms with Gasteiger partial charge in [0.25, 0.3) is 0 Å². The van der Waals surface area contributed by atoms with Crippen molar-refractivity contribution in [3.05, 3.63) is 46.8 Å². The number of hydrogen-bond donors (Lipinski definition) is 1. The molecule has 0 radical (unpaired) electrons. The van der Waals surface area contributed by atoms with Gasteiger partial charge < -0.3 is 5.32 Å². The van der Waals surface area contributed by atoms with Crippen molar-refractivity contribution >= 4 is 11.6 Å². The van der Waals surface area contributed by atoms with Gasteiger partial charge in [0.2, 0.25) is 5.91 Å². The SMILES string of the molecule is Cc1cccc(Cn2nc(C)c(NC(=O)C3CC3)c2C)c1. The van der Waals surface area contributed by atoms with Crippen molar-refractivity contribution in [2.45, 2.75) is 40.2 Å². The fraction of sp³-hybridized carbons (Fsp3) is 0.412. The molecule has 1 aromatic carbocycles. The van der Waals surface area contributed by atoms with Crippen molar-refractivity contribution in [2.75, 3.05) is 5.32 Å². The molecule has 1 fully saturated rings. The summed E-state index contributed by atoms with van der Waals surface area (Å²) in [5, 5.41) is 7.61. The summed E-state index contributed by atoms with van der Waals surface area (Å²) >= 11 is 0. The molecule has 0 spiro atoms. The lowest BCUT2D eigenvalue weighted by Crippen LogP contribution is -2.14. The third-order valence-corrected chi connectivity index (χ3v) is 3.99. The van der Waals surface area contributed by atoms with E-state index in [1.54, 1.807) is 0 Å². The molecular weight excluding hydrogens is 262 g/mol. The van der Waals surface area contributed by atoms with Gasteiger partial charge in [-0.2, -0.15) is 5.10 Å². The van der Waals surface area contributed by atoms with Crippen LogP contribution >= 0.6 is 0 Å². The number of carbonyl (C=O) groups excluding carboxylic acids is 1. The average molecular weight is 283 g/mol. The van der Waals surface area contributed by atoms with E-state index in [-0.39, 0.29) is 11.8 Å². The molecule has 2 aromatic rings. The number of aromatic nitrogens is 2. The highest BCUT2D eigenvalue weighted by molar-refractivity contribution is 5.95. The Balaban J connectivity index is 1.81. The molecule has 0 bridgehead atoms. The second-order valence-electron chi connectivity index (χ2n) is 5.96. The molecule has 110 valence electrons. The van der Waals surface area contributed by atoms with Crippen LogP contribution < -0.4 is 5.32 Å². The highest BCUT2D eigenvalue weighted by Gasteiger charge is 2.30. The Kier molecular flexibility index (Phi) is 3.53. The third-order valence-electron chi connectivity index (χ3n) is 3.99. The Bertz CT molecular complexity index is 683. The Morgan fingerprint density at radius 1 is 1.33 bits per heavy atom. The van der Waals surface area contributed by atoms with E-state index in [0.717, 1.165) is 36.5 Å². The summed E-state index contributed by atoms with van der Waals surface area (Å²) in [5.41, 5.74) is 5.24. The minimum absolute atomic E-state index is 0.135. The summed E-state index contributed by atoms with van der Waals surface area (Å²) in [6.45, 7) is 6.78. The molecule has 1 aliphatic carbocycles. The number of nitrogens with zero attached hydrogens (tertiary/aromatic N) is 2. The summed E-state index contributed by atoms with van der Waals surface area (Å²) in [5.74, 6) is 0.347. The van der Waals surface area contributed by atoms with Crippen LogP contribution in [0.2, 0.25) is 0 Å². The van der Waals surface area contributed by atoms with Crippen LogP contribution in [-0.2, 0) is 11.3 Å². The van der Waals surface area contributed by atoms with E-state index in [9.17, 15) is 4.79 Å². The number of benzene rings is 1. The smallest absolute Gasteiger partial charge is 0.227 e. The van der Waals surface area contributed by atoms with Crippen molar-refractivity contribution < 1.29 is 4.79 Å². The van der Waals surface area contributed by atoms with E-state index in [4.69, 9.17) is 0 Å². The molecule has 1 N–H and O–H groups in total. The van der Waals surface area contributed by atoms with E-state index in [2.05, 4.69) is 41.6 Å². The Hall–Kier alpha value is -2.10. The maximum atomic E-state index is 11.9. The van der Waals surface area contributed by atoms with Crippen LogP contribution in [0.5, 0.6) is 0 Å². The number of anilines is 1. The predicted molar refractivity (Wildman–Crippen MR) is 83.3 cm³/mol. The molecule has 0 saturated heterocycles. The third kappa shape index (κ3) is 2.99. The van der Waals surface area contributed by atoms with Crippen LogP contribution in [0.3, 0.4) is 0 Å². The van der Waals surface area contributed by atoms with Crippen molar-refractivity contribution in [3.8, 4) is 0 Å². The first-order valence-corrected chi connectivity index (χ1v) is 7.45. The molecule has 0 unspecified atom stereocenters. The van der Waals surface area contributed by atoms with Crippen LogP contribution in [0.1, 0.15) is 35.4 Å². The van der Waals surface area contributed by atoms with Gasteiger partial charge in [0, 0.05) is 5.92 Å². The summed E-state index contributed by atoms with van der Waals surface area (Å²) in [7, 11) is 0. The number of aryl methyl sites for hydroxylation is 2. The fourth-order valence-electron chi connectivity index (χ4n) is 2.59. The van der Waals surface area contributed by atoms with Gasteiger partial charge in [-0.05, 0) is 39.2 Å². The second-order valence-corrected chi connectivity index (χ2v) is 5.96. The average Bonchev–Trinajstić information content (AvgIpc) is 3.24. The zero-order valence-electron chi connectivity index (χ0n) is 12.8. The Morgan fingerprint density at radius 2 is 2.10 bits per heavy atom. The highest BCUT2D eigenvalue weighted by atomic mass is 16.2. The molecular formula is C17H21N3O. The second kappa shape index (κ2) is 5.35. The molecule has 1 amide bonds.